The number of amides is 1. The number of carbonyl (C=O) groups excluding carboxylic acids is 1. The minimum Gasteiger partial charge on any atom is -0.354 e. The van der Waals surface area contributed by atoms with Gasteiger partial charge in [0.25, 0.3) is 5.91 Å². The van der Waals surface area contributed by atoms with Gasteiger partial charge in [0.15, 0.2) is 5.96 Å². The standard InChI is InChI=1S/C16H16N4O.ClH/c21-15(19-13-4-2-1-3-5-13)12-6-8-14(9-7-12)20-16-17-10-11-18-16;/h1-9H,10-11H2,(H,19,21)(H2,17,18,20);1H. The molecule has 22 heavy (non-hydrogen) atoms. The zero-order chi connectivity index (χ0) is 14.5. The summed E-state index contributed by atoms with van der Waals surface area (Å²) >= 11 is 0. The Labute approximate surface area is 135 Å². The monoisotopic (exact) mass is 316 g/mol. The second-order valence-corrected chi connectivity index (χ2v) is 4.68. The number of anilines is 2. The van der Waals surface area contributed by atoms with E-state index in [0.29, 0.717) is 5.56 Å². The lowest BCUT2D eigenvalue weighted by Gasteiger charge is -2.08. The number of rotatable bonds is 3. The maximum Gasteiger partial charge on any atom is 0.255 e. The highest BCUT2D eigenvalue weighted by atomic mass is 35.5. The zero-order valence-corrected chi connectivity index (χ0v) is 12.7. The molecule has 0 spiro atoms. The van der Waals surface area contributed by atoms with Crippen molar-refractivity contribution in [1.82, 2.24) is 5.32 Å². The zero-order valence-electron chi connectivity index (χ0n) is 11.9. The molecule has 6 heteroatoms. The molecule has 0 saturated heterocycles. The van der Waals surface area contributed by atoms with Crippen LogP contribution in [-0.2, 0) is 0 Å². The van der Waals surface area contributed by atoms with Crippen molar-refractivity contribution in [1.29, 1.82) is 0 Å². The van der Waals surface area contributed by atoms with Gasteiger partial charge in [-0.25, -0.2) is 0 Å². The molecule has 0 radical (unpaired) electrons. The molecule has 2 aromatic carbocycles. The van der Waals surface area contributed by atoms with Gasteiger partial charge in [-0.1, -0.05) is 18.2 Å². The van der Waals surface area contributed by atoms with Crippen molar-refractivity contribution < 1.29 is 4.79 Å². The highest BCUT2D eigenvalue weighted by Gasteiger charge is 2.07. The summed E-state index contributed by atoms with van der Waals surface area (Å²) < 4.78 is 0. The summed E-state index contributed by atoms with van der Waals surface area (Å²) in [5, 5.41) is 9.15. The molecule has 1 aliphatic heterocycles. The summed E-state index contributed by atoms with van der Waals surface area (Å²) in [4.78, 5) is 16.4. The highest BCUT2D eigenvalue weighted by molar-refractivity contribution is 6.04. The van der Waals surface area contributed by atoms with Crippen LogP contribution in [0.4, 0.5) is 11.4 Å². The van der Waals surface area contributed by atoms with Crippen LogP contribution in [0.15, 0.2) is 59.6 Å². The van der Waals surface area contributed by atoms with E-state index in [0.717, 1.165) is 30.4 Å². The molecule has 1 aliphatic rings. The van der Waals surface area contributed by atoms with Gasteiger partial charge < -0.3 is 16.0 Å². The minimum absolute atomic E-state index is 0. The predicted molar refractivity (Wildman–Crippen MR) is 92.0 cm³/mol. The molecule has 5 nitrogen and oxygen atoms in total. The minimum atomic E-state index is -0.121. The van der Waals surface area contributed by atoms with Gasteiger partial charge in [-0.2, -0.15) is 0 Å². The molecule has 114 valence electrons. The second-order valence-electron chi connectivity index (χ2n) is 4.68. The molecule has 2 aromatic rings. The second kappa shape index (κ2) is 7.47. The van der Waals surface area contributed by atoms with Gasteiger partial charge in [-0.15, -0.1) is 12.4 Å². The molecule has 0 atom stereocenters. The Hall–Kier alpha value is -2.53. The van der Waals surface area contributed by atoms with Crippen LogP contribution in [0.3, 0.4) is 0 Å². The average molecular weight is 317 g/mol. The van der Waals surface area contributed by atoms with Crippen LogP contribution in [0, 0.1) is 0 Å². The number of halogens is 1. The predicted octanol–water partition coefficient (Wildman–Crippen LogP) is 2.73. The number of nitrogens with one attached hydrogen (secondary N) is 3. The van der Waals surface area contributed by atoms with Crippen LogP contribution < -0.4 is 16.0 Å². The average Bonchev–Trinajstić information content (AvgIpc) is 3.02. The summed E-state index contributed by atoms with van der Waals surface area (Å²) in [6, 6.07) is 16.7. The third-order valence-electron chi connectivity index (χ3n) is 3.12. The summed E-state index contributed by atoms with van der Waals surface area (Å²) in [5.74, 6) is 0.653. The number of guanidine groups is 1. The summed E-state index contributed by atoms with van der Waals surface area (Å²) in [6.07, 6.45) is 0. The van der Waals surface area contributed by atoms with E-state index in [1.165, 1.54) is 0 Å². The van der Waals surface area contributed by atoms with E-state index in [-0.39, 0.29) is 18.3 Å². The van der Waals surface area contributed by atoms with Crippen molar-refractivity contribution in [2.75, 3.05) is 23.7 Å². The van der Waals surface area contributed by atoms with Crippen molar-refractivity contribution >= 4 is 35.6 Å². The molecule has 1 heterocycles. The fourth-order valence-electron chi connectivity index (χ4n) is 2.05. The normalized spacial score (nSPS) is 12.6. The van der Waals surface area contributed by atoms with Crippen molar-refractivity contribution in [3.8, 4) is 0 Å². The number of para-hydroxylation sites is 1. The van der Waals surface area contributed by atoms with Crippen LogP contribution in [0.5, 0.6) is 0 Å². The summed E-state index contributed by atoms with van der Waals surface area (Å²) in [5.41, 5.74) is 2.30. The first-order valence-corrected chi connectivity index (χ1v) is 6.83. The lowest BCUT2D eigenvalue weighted by molar-refractivity contribution is 0.102. The van der Waals surface area contributed by atoms with Gasteiger partial charge in [0.1, 0.15) is 0 Å². The van der Waals surface area contributed by atoms with Gasteiger partial charge in [-0.3, -0.25) is 9.79 Å². The lowest BCUT2D eigenvalue weighted by Crippen LogP contribution is -2.26. The Balaban J connectivity index is 0.00000176. The Morgan fingerprint density at radius 2 is 1.73 bits per heavy atom. The van der Waals surface area contributed by atoms with Crippen molar-refractivity contribution in [2.24, 2.45) is 4.99 Å². The summed E-state index contributed by atoms with van der Waals surface area (Å²) in [7, 11) is 0. The maximum atomic E-state index is 12.1. The third-order valence-corrected chi connectivity index (χ3v) is 3.12. The smallest absolute Gasteiger partial charge is 0.255 e. The molecule has 0 aromatic heterocycles. The molecule has 0 bridgehead atoms. The topological polar surface area (TPSA) is 65.5 Å². The number of nitrogens with zero attached hydrogens (tertiary/aromatic N) is 1. The van der Waals surface area contributed by atoms with Crippen LogP contribution in [-0.4, -0.2) is 25.0 Å². The van der Waals surface area contributed by atoms with Crippen LogP contribution in [0.25, 0.3) is 0 Å². The Morgan fingerprint density at radius 3 is 2.36 bits per heavy atom. The van der Waals surface area contributed by atoms with Crippen LogP contribution in [0.2, 0.25) is 0 Å². The first kappa shape index (κ1) is 15.9. The van der Waals surface area contributed by atoms with Crippen molar-refractivity contribution in [2.45, 2.75) is 0 Å². The molecule has 1 amide bonds. The van der Waals surface area contributed by atoms with E-state index in [1.807, 2.05) is 42.5 Å². The first-order valence-electron chi connectivity index (χ1n) is 6.83. The van der Waals surface area contributed by atoms with Crippen molar-refractivity contribution in [3.63, 3.8) is 0 Å². The Bertz CT molecular complexity index is 656. The van der Waals surface area contributed by atoms with E-state index in [2.05, 4.69) is 20.9 Å². The number of hydrogen-bond donors (Lipinski definition) is 3. The van der Waals surface area contributed by atoms with Gasteiger partial charge >= 0.3 is 0 Å². The quantitative estimate of drug-likeness (QED) is 0.815. The van der Waals surface area contributed by atoms with E-state index in [4.69, 9.17) is 0 Å². The van der Waals surface area contributed by atoms with Gasteiger partial charge in [-0.05, 0) is 36.4 Å². The first-order chi connectivity index (χ1) is 10.3. The maximum absolute atomic E-state index is 12.1. The van der Waals surface area contributed by atoms with Crippen LogP contribution in [0.1, 0.15) is 10.4 Å². The number of carbonyl (C=O) groups is 1. The van der Waals surface area contributed by atoms with E-state index in [9.17, 15) is 4.79 Å². The SMILES string of the molecule is Cl.O=C(Nc1ccccc1)c1ccc(NC2=NCCN2)cc1. The number of aliphatic imine (C=N–C) groups is 1. The fourth-order valence-corrected chi connectivity index (χ4v) is 2.05. The van der Waals surface area contributed by atoms with E-state index < -0.39 is 0 Å². The van der Waals surface area contributed by atoms with Crippen LogP contribution >= 0.6 is 12.4 Å². The molecular weight excluding hydrogens is 300 g/mol. The molecule has 0 unspecified atom stereocenters. The Kier molecular flexibility index (Phi) is 5.38. The largest absolute Gasteiger partial charge is 0.354 e. The fraction of sp³-hybridized carbons (Fsp3) is 0.125. The number of hydrogen-bond acceptors (Lipinski definition) is 4. The highest BCUT2D eigenvalue weighted by Crippen LogP contribution is 2.12. The molecule has 3 rings (SSSR count). The third kappa shape index (κ3) is 3.99. The molecule has 0 aliphatic carbocycles. The van der Waals surface area contributed by atoms with E-state index in [1.54, 1.807) is 12.1 Å². The molecule has 0 saturated carbocycles. The molecule has 3 N–H and O–H groups in total. The van der Waals surface area contributed by atoms with Gasteiger partial charge in [0.2, 0.25) is 0 Å². The molecular formula is C16H17ClN4O. The van der Waals surface area contributed by atoms with Crippen molar-refractivity contribution in [3.05, 3.63) is 60.2 Å². The van der Waals surface area contributed by atoms with Gasteiger partial charge in [0, 0.05) is 23.5 Å². The Morgan fingerprint density at radius 1 is 1.00 bits per heavy atom. The summed E-state index contributed by atoms with van der Waals surface area (Å²) in [6.45, 7) is 1.65. The number of benzene rings is 2. The van der Waals surface area contributed by atoms with Gasteiger partial charge in [0.05, 0.1) is 6.54 Å². The lowest BCUT2D eigenvalue weighted by atomic mass is 10.2. The van der Waals surface area contributed by atoms with E-state index >= 15 is 0 Å². The molecule has 0 fully saturated rings.